The van der Waals surface area contributed by atoms with Gasteiger partial charge in [-0.25, -0.2) is 0 Å². The lowest BCUT2D eigenvalue weighted by atomic mass is 10.1. The van der Waals surface area contributed by atoms with Gasteiger partial charge in [0.15, 0.2) is 0 Å². The molecule has 0 saturated carbocycles. The number of aromatic nitrogens is 1. The van der Waals surface area contributed by atoms with E-state index in [1.54, 1.807) is 0 Å². The van der Waals surface area contributed by atoms with E-state index in [0.717, 1.165) is 40.5 Å². The Balaban J connectivity index is 2.33. The fraction of sp³-hybridized carbons (Fsp3) is 0.312. The third kappa shape index (κ3) is 3.53. The second-order valence-corrected chi connectivity index (χ2v) is 5.63. The smallest absolute Gasteiger partial charge is 0.0642 e. The predicted molar refractivity (Wildman–Crippen MR) is 89.8 cm³/mol. The number of alkyl halides is 1. The van der Waals surface area contributed by atoms with Gasteiger partial charge in [-0.05, 0) is 37.6 Å². The molecule has 0 unspecified atom stereocenters. The number of rotatable bonds is 5. The van der Waals surface area contributed by atoms with Crippen LogP contribution in [0.15, 0.2) is 36.4 Å². The van der Waals surface area contributed by atoms with Crippen LogP contribution in [0.1, 0.15) is 23.9 Å². The number of aryl methyl sites for hydroxylation is 1. The standard InChI is InChI=1S/C16H18BrClN2/c1-3-20(11-14-8-4-6-12(2)19-14)16-13(10-17)7-5-9-15(16)18/h4-9H,3,10-11H2,1-2H3. The van der Waals surface area contributed by atoms with Gasteiger partial charge in [0.05, 0.1) is 22.9 Å². The summed E-state index contributed by atoms with van der Waals surface area (Å²) in [6.45, 7) is 5.80. The summed E-state index contributed by atoms with van der Waals surface area (Å²) in [6, 6.07) is 12.1. The lowest BCUT2D eigenvalue weighted by Crippen LogP contribution is -2.24. The van der Waals surface area contributed by atoms with Crippen LogP contribution in [0.5, 0.6) is 0 Å². The van der Waals surface area contributed by atoms with Crippen molar-refractivity contribution < 1.29 is 0 Å². The minimum absolute atomic E-state index is 0.766. The Kier molecular flexibility index (Phi) is 5.44. The van der Waals surface area contributed by atoms with Gasteiger partial charge < -0.3 is 4.90 Å². The summed E-state index contributed by atoms with van der Waals surface area (Å²) in [5.41, 5.74) is 4.40. The van der Waals surface area contributed by atoms with E-state index >= 15 is 0 Å². The zero-order valence-corrected chi connectivity index (χ0v) is 14.1. The molecule has 0 amide bonds. The molecular weight excluding hydrogens is 336 g/mol. The zero-order valence-electron chi connectivity index (χ0n) is 11.7. The zero-order chi connectivity index (χ0) is 14.5. The molecule has 0 saturated heterocycles. The Morgan fingerprint density at radius 1 is 1.20 bits per heavy atom. The molecule has 2 rings (SSSR count). The number of nitrogens with zero attached hydrogens (tertiary/aromatic N) is 2. The first-order valence-corrected chi connectivity index (χ1v) is 8.16. The summed E-state index contributed by atoms with van der Waals surface area (Å²) < 4.78 is 0. The highest BCUT2D eigenvalue weighted by molar-refractivity contribution is 9.08. The fourth-order valence-electron chi connectivity index (χ4n) is 2.25. The van der Waals surface area contributed by atoms with Gasteiger partial charge in [-0.1, -0.05) is 45.7 Å². The topological polar surface area (TPSA) is 16.1 Å². The van der Waals surface area contributed by atoms with Gasteiger partial charge >= 0.3 is 0 Å². The van der Waals surface area contributed by atoms with Crippen LogP contribution >= 0.6 is 27.5 Å². The molecule has 20 heavy (non-hydrogen) atoms. The predicted octanol–water partition coefficient (Wildman–Crippen LogP) is 4.96. The second kappa shape index (κ2) is 7.09. The van der Waals surface area contributed by atoms with Crippen molar-refractivity contribution in [1.29, 1.82) is 0 Å². The quantitative estimate of drug-likeness (QED) is 0.706. The molecule has 0 bridgehead atoms. The molecule has 0 radical (unpaired) electrons. The number of hydrogen-bond donors (Lipinski definition) is 0. The molecular formula is C16H18BrClN2. The molecule has 0 spiro atoms. The summed E-state index contributed by atoms with van der Waals surface area (Å²) in [5, 5.41) is 1.58. The van der Waals surface area contributed by atoms with E-state index in [9.17, 15) is 0 Å². The van der Waals surface area contributed by atoms with Crippen molar-refractivity contribution in [1.82, 2.24) is 4.98 Å². The van der Waals surface area contributed by atoms with Gasteiger partial charge in [-0.2, -0.15) is 0 Å². The molecule has 0 atom stereocenters. The molecule has 1 aromatic heterocycles. The summed E-state index contributed by atoms with van der Waals surface area (Å²) in [7, 11) is 0. The maximum Gasteiger partial charge on any atom is 0.0642 e. The average molecular weight is 354 g/mol. The van der Waals surface area contributed by atoms with E-state index in [-0.39, 0.29) is 0 Å². The molecule has 2 nitrogen and oxygen atoms in total. The molecule has 106 valence electrons. The molecule has 0 N–H and O–H groups in total. The Bertz CT molecular complexity index is 586. The number of halogens is 2. The fourth-order valence-corrected chi connectivity index (χ4v) is 3.02. The van der Waals surface area contributed by atoms with E-state index in [1.807, 2.05) is 31.2 Å². The normalized spacial score (nSPS) is 10.6. The molecule has 0 aliphatic heterocycles. The van der Waals surface area contributed by atoms with Gasteiger partial charge in [0.1, 0.15) is 0 Å². The second-order valence-electron chi connectivity index (χ2n) is 4.67. The Morgan fingerprint density at radius 3 is 2.60 bits per heavy atom. The lowest BCUT2D eigenvalue weighted by Gasteiger charge is -2.26. The van der Waals surface area contributed by atoms with E-state index in [1.165, 1.54) is 5.56 Å². The molecule has 0 aliphatic rings. The van der Waals surface area contributed by atoms with Crippen LogP contribution in [0.2, 0.25) is 5.02 Å². The highest BCUT2D eigenvalue weighted by atomic mass is 79.9. The monoisotopic (exact) mass is 352 g/mol. The molecule has 0 fully saturated rings. The van der Waals surface area contributed by atoms with E-state index in [4.69, 9.17) is 11.6 Å². The maximum atomic E-state index is 6.40. The lowest BCUT2D eigenvalue weighted by molar-refractivity contribution is 0.802. The van der Waals surface area contributed by atoms with Crippen molar-refractivity contribution in [3.63, 3.8) is 0 Å². The summed E-state index contributed by atoms with van der Waals surface area (Å²) in [4.78, 5) is 6.84. The average Bonchev–Trinajstić information content (AvgIpc) is 2.45. The SMILES string of the molecule is CCN(Cc1cccc(C)n1)c1c(Cl)cccc1CBr. The van der Waals surface area contributed by atoms with Gasteiger partial charge in [-0.3, -0.25) is 4.98 Å². The summed E-state index contributed by atoms with van der Waals surface area (Å²) >= 11 is 9.93. The first kappa shape index (κ1) is 15.3. The molecule has 1 heterocycles. The molecule has 2 aromatic rings. The van der Waals surface area contributed by atoms with Crippen LogP contribution in [-0.2, 0) is 11.9 Å². The van der Waals surface area contributed by atoms with E-state index < -0.39 is 0 Å². The van der Waals surface area contributed by atoms with Crippen molar-refractivity contribution >= 4 is 33.2 Å². The minimum Gasteiger partial charge on any atom is -0.364 e. The molecule has 4 heteroatoms. The van der Waals surface area contributed by atoms with Crippen LogP contribution in [-0.4, -0.2) is 11.5 Å². The van der Waals surface area contributed by atoms with Crippen molar-refractivity contribution in [3.05, 3.63) is 58.4 Å². The van der Waals surface area contributed by atoms with E-state index in [2.05, 4.69) is 44.9 Å². The first-order valence-electron chi connectivity index (χ1n) is 6.66. The molecule has 1 aromatic carbocycles. The maximum absolute atomic E-state index is 6.40. The Hall–Kier alpha value is -1.06. The number of hydrogen-bond acceptors (Lipinski definition) is 2. The van der Waals surface area contributed by atoms with Crippen molar-refractivity contribution in [2.45, 2.75) is 25.7 Å². The number of para-hydroxylation sites is 1. The van der Waals surface area contributed by atoms with Gasteiger partial charge in [-0.15, -0.1) is 0 Å². The number of benzene rings is 1. The van der Waals surface area contributed by atoms with E-state index in [0.29, 0.717) is 0 Å². The number of pyridine rings is 1. The van der Waals surface area contributed by atoms with Crippen LogP contribution in [0.3, 0.4) is 0 Å². The van der Waals surface area contributed by atoms with Crippen LogP contribution in [0.4, 0.5) is 5.69 Å². The van der Waals surface area contributed by atoms with Gasteiger partial charge in [0, 0.05) is 17.6 Å². The highest BCUT2D eigenvalue weighted by Crippen LogP contribution is 2.32. The van der Waals surface area contributed by atoms with Gasteiger partial charge in [0.25, 0.3) is 0 Å². The Morgan fingerprint density at radius 2 is 1.95 bits per heavy atom. The van der Waals surface area contributed by atoms with Crippen molar-refractivity contribution in [2.24, 2.45) is 0 Å². The highest BCUT2D eigenvalue weighted by Gasteiger charge is 2.14. The third-order valence-electron chi connectivity index (χ3n) is 3.21. The summed E-state index contributed by atoms with van der Waals surface area (Å²) in [5.74, 6) is 0. The third-order valence-corrected chi connectivity index (χ3v) is 4.12. The number of anilines is 1. The van der Waals surface area contributed by atoms with Crippen molar-refractivity contribution in [3.8, 4) is 0 Å². The Labute approximate surface area is 133 Å². The van der Waals surface area contributed by atoms with Crippen molar-refractivity contribution in [2.75, 3.05) is 11.4 Å². The summed E-state index contributed by atoms with van der Waals surface area (Å²) in [6.07, 6.45) is 0. The van der Waals surface area contributed by atoms with Crippen LogP contribution < -0.4 is 4.90 Å². The van der Waals surface area contributed by atoms with Crippen LogP contribution in [0.25, 0.3) is 0 Å². The van der Waals surface area contributed by atoms with Crippen LogP contribution in [0, 0.1) is 6.92 Å². The minimum atomic E-state index is 0.766. The first-order chi connectivity index (χ1) is 9.65. The molecule has 0 aliphatic carbocycles. The largest absolute Gasteiger partial charge is 0.364 e. The van der Waals surface area contributed by atoms with Gasteiger partial charge in [0.2, 0.25) is 0 Å².